The van der Waals surface area contributed by atoms with Gasteiger partial charge in [0.15, 0.2) is 18.1 Å². The fraction of sp³-hybridized carbons (Fsp3) is 0.353. The van der Waals surface area contributed by atoms with Gasteiger partial charge in [-0.25, -0.2) is 4.79 Å². The van der Waals surface area contributed by atoms with Gasteiger partial charge in [0, 0.05) is 6.04 Å². The summed E-state index contributed by atoms with van der Waals surface area (Å²) in [7, 11) is 2.67. The van der Waals surface area contributed by atoms with E-state index in [2.05, 4.69) is 4.74 Å². The van der Waals surface area contributed by atoms with Crippen molar-refractivity contribution in [3.8, 4) is 11.5 Å². The second kappa shape index (κ2) is 8.46. The monoisotopic (exact) mass is 399 g/mol. The number of benzene rings is 1. The highest BCUT2D eigenvalue weighted by Crippen LogP contribution is 2.39. The first-order valence-corrected chi connectivity index (χ1v) is 8.82. The number of esters is 1. The van der Waals surface area contributed by atoms with Crippen molar-refractivity contribution in [3.05, 3.63) is 27.6 Å². The van der Waals surface area contributed by atoms with Crippen LogP contribution in [-0.2, 0) is 14.3 Å². The fourth-order valence-corrected chi connectivity index (χ4v) is 3.46. The first-order chi connectivity index (χ1) is 12.3. The van der Waals surface area contributed by atoms with Gasteiger partial charge in [-0.1, -0.05) is 11.6 Å². The van der Waals surface area contributed by atoms with Crippen LogP contribution in [0.4, 0.5) is 4.79 Å². The van der Waals surface area contributed by atoms with Crippen LogP contribution in [0.5, 0.6) is 11.5 Å². The van der Waals surface area contributed by atoms with Crippen molar-refractivity contribution in [2.75, 3.05) is 20.8 Å². The number of hydrogen-bond donors (Lipinski definition) is 0. The van der Waals surface area contributed by atoms with Crippen LogP contribution in [-0.4, -0.2) is 48.9 Å². The number of imide groups is 1. The molecule has 9 heteroatoms. The zero-order valence-electron chi connectivity index (χ0n) is 14.7. The van der Waals surface area contributed by atoms with Gasteiger partial charge in [0.1, 0.15) is 0 Å². The van der Waals surface area contributed by atoms with Crippen LogP contribution in [0.1, 0.15) is 19.4 Å². The van der Waals surface area contributed by atoms with Gasteiger partial charge >= 0.3 is 5.97 Å². The summed E-state index contributed by atoms with van der Waals surface area (Å²) < 4.78 is 15.1. The smallest absolute Gasteiger partial charge is 0.343 e. The average molecular weight is 400 g/mol. The number of thioether (sulfide) groups is 1. The predicted octanol–water partition coefficient (Wildman–Crippen LogP) is 3.35. The van der Waals surface area contributed by atoms with Crippen LogP contribution >= 0.6 is 23.4 Å². The number of nitrogens with zero attached hydrogens (tertiary/aromatic N) is 1. The van der Waals surface area contributed by atoms with Gasteiger partial charge in [-0.2, -0.15) is 0 Å². The number of hydrogen-bond acceptors (Lipinski definition) is 7. The van der Waals surface area contributed by atoms with E-state index in [4.69, 9.17) is 21.1 Å². The van der Waals surface area contributed by atoms with E-state index in [9.17, 15) is 14.4 Å². The van der Waals surface area contributed by atoms with E-state index in [0.717, 1.165) is 11.8 Å². The van der Waals surface area contributed by atoms with E-state index in [1.54, 1.807) is 32.1 Å². The molecular weight excluding hydrogens is 382 g/mol. The molecule has 0 radical (unpaired) electrons. The lowest BCUT2D eigenvalue weighted by molar-refractivity contribution is -0.142. The third-order valence-corrected chi connectivity index (χ3v) is 4.62. The third kappa shape index (κ3) is 4.31. The minimum absolute atomic E-state index is 0.187. The molecule has 0 unspecified atom stereocenters. The lowest BCUT2D eigenvalue weighted by Crippen LogP contribution is -2.34. The van der Waals surface area contributed by atoms with E-state index >= 15 is 0 Å². The number of carbonyl (C=O) groups is 3. The normalized spacial score (nSPS) is 15.8. The molecule has 0 saturated carbocycles. The van der Waals surface area contributed by atoms with Crippen LogP contribution in [0.3, 0.4) is 0 Å². The lowest BCUT2D eigenvalue weighted by atomic mass is 10.1. The standard InChI is InChI=1S/C17H18ClNO6S/c1-9(2)19-16(21)13(26-17(19)22)7-10-5-11(18)15(12(6-10)23-3)25-8-14(20)24-4/h5-7,9H,8H2,1-4H3/b13-7+. The summed E-state index contributed by atoms with van der Waals surface area (Å²) >= 11 is 7.08. The molecule has 1 aliphatic heterocycles. The van der Waals surface area contributed by atoms with Crippen LogP contribution in [0.2, 0.25) is 5.02 Å². The van der Waals surface area contributed by atoms with Gasteiger partial charge < -0.3 is 14.2 Å². The second-order valence-corrected chi connectivity index (χ2v) is 6.94. The highest BCUT2D eigenvalue weighted by molar-refractivity contribution is 8.18. The molecule has 0 aliphatic carbocycles. The van der Waals surface area contributed by atoms with E-state index in [0.29, 0.717) is 10.5 Å². The Kier molecular flexibility index (Phi) is 6.55. The minimum Gasteiger partial charge on any atom is -0.493 e. The van der Waals surface area contributed by atoms with Crippen molar-refractivity contribution in [1.29, 1.82) is 0 Å². The van der Waals surface area contributed by atoms with Gasteiger partial charge in [-0.3, -0.25) is 14.5 Å². The Morgan fingerprint density at radius 3 is 2.54 bits per heavy atom. The molecular formula is C17H18ClNO6S. The zero-order chi connectivity index (χ0) is 19.4. The molecule has 1 aliphatic rings. The van der Waals surface area contributed by atoms with Crippen molar-refractivity contribution in [3.63, 3.8) is 0 Å². The largest absolute Gasteiger partial charge is 0.493 e. The predicted molar refractivity (Wildman–Crippen MR) is 98.5 cm³/mol. The molecule has 0 aromatic heterocycles. The third-order valence-electron chi connectivity index (χ3n) is 3.45. The highest BCUT2D eigenvalue weighted by atomic mass is 35.5. The van der Waals surface area contributed by atoms with E-state index < -0.39 is 5.97 Å². The quantitative estimate of drug-likeness (QED) is 0.535. The van der Waals surface area contributed by atoms with Crippen molar-refractivity contribution in [2.24, 2.45) is 0 Å². The summed E-state index contributed by atoms with van der Waals surface area (Å²) in [5, 5.41) is -0.116. The molecule has 140 valence electrons. The Morgan fingerprint density at radius 2 is 2.00 bits per heavy atom. The molecule has 0 N–H and O–H groups in total. The number of ether oxygens (including phenoxy) is 3. The van der Waals surface area contributed by atoms with E-state index in [1.807, 2.05) is 0 Å². The first kappa shape index (κ1) is 20.1. The molecule has 1 aromatic carbocycles. The maximum absolute atomic E-state index is 12.4. The van der Waals surface area contributed by atoms with Gasteiger partial charge in [0.25, 0.3) is 11.1 Å². The molecule has 2 amide bonds. The van der Waals surface area contributed by atoms with Crippen LogP contribution < -0.4 is 9.47 Å². The number of carbonyl (C=O) groups excluding carboxylic acids is 3. The Labute approximate surface area is 160 Å². The van der Waals surface area contributed by atoms with Crippen molar-refractivity contribution in [1.82, 2.24) is 4.90 Å². The topological polar surface area (TPSA) is 82.1 Å². The zero-order valence-corrected chi connectivity index (χ0v) is 16.3. The fourth-order valence-electron chi connectivity index (χ4n) is 2.23. The number of amides is 2. The van der Waals surface area contributed by atoms with Gasteiger partial charge in [-0.05, 0) is 49.4 Å². The van der Waals surface area contributed by atoms with Crippen LogP contribution in [0.15, 0.2) is 17.0 Å². The molecule has 26 heavy (non-hydrogen) atoms. The molecule has 1 fully saturated rings. The lowest BCUT2D eigenvalue weighted by Gasteiger charge is -2.16. The van der Waals surface area contributed by atoms with Gasteiger partial charge in [0.2, 0.25) is 0 Å². The molecule has 0 spiro atoms. The molecule has 1 saturated heterocycles. The number of halogens is 1. The van der Waals surface area contributed by atoms with Gasteiger partial charge in [0.05, 0.1) is 24.1 Å². The first-order valence-electron chi connectivity index (χ1n) is 7.62. The van der Waals surface area contributed by atoms with E-state index in [1.165, 1.54) is 19.1 Å². The van der Waals surface area contributed by atoms with Crippen molar-refractivity contribution < 1.29 is 28.6 Å². The summed E-state index contributed by atoms with van der Waals surface area (Å²) in [5.41, 5.74) is 0.562. The summed E-state index contributed by atoms with van der Waals surface area (Å²) in [5.74, 6) is -0.437. The maximum atomic E-state index is 12.4. The van der Waals surface area contributed by atoms with Crippen LogP contribution in [0.25, 0.3) is 6.08 Å². The minimum atomic E-state index is -0.561. The Hall–Kier alpha value is -2.19. The molecule has 7 nitrogen and oxygen atoms in total. The molecule has 1 heterocycles. The molecule has 0 bridgehead atoms. The molecule has 1 aromatic rings. The molecule has 2 rings (SSSR count). The Morgan fingerprint density at radius 1 is 1.31 bits per heavy atom. The highest BCUT2D eigenvalue weighted by Gasteiger charge is 2.36. The summed E-state index contributed by atoms with van der Waals surface area (Å²) in [6.07, 6.45) is 1.56. The summed E-state index contributed by atoms with van der Waals surface area (Å²) in [6.45, 7) is 3.22. The second-order valence-electron chi connectivity index (χ2n) is 5.54. The SMILES string of the molecule is COC(=O)COc1c(Cl)cc(/C=C2/SC(=O)N(C(C)C)C2=O)cc1OC. The number of methoxy groups -OCH3 is 2. The summed E-state index contributed by atoms with van der Waals surface area (Å²) in [4.78, 5) is 37.0. The summed E-state index contributed by atoms with van der Waals surface area (Å²) in [6, 6.07) is 2.93. The number of rotatable bonds is 6. The van der Waals surface area contributed by atoms with E-state index in [-0.39, 0.29) is 40.3 Å². The van der Waals surface area contributed by atoms with Crippen molar-refractivity contribution >= 4 is 46.6 Å². The van der Waals surface area contributed by atoms with Crippen LogP contribution in [0, 0.1) is 0 Å². The van der Waals surface area contributed by atoms with Gasteiger partial charge in [-0.15, -0.1) is 0 Å². The van der Waals surface area contributed by atoms with Crippen molar-refractivity contribution in [2.45, 2.75) is 19.9 Å². The Bertz CT molecular complexity index is 777. The Balaban J connectivity index is 2.31. The maximum Gasteiger partial charge on any atom is 0.343 e. The molecule has 0 atom stereocenters. The average Bonchev–Trinajstić information content (AvgIpc) is 2.86.